The molecule has 0 aliphatic heterocycles. The Hall–Kier alpha value is -3.49. The van der Waals surface area contributed by atoms with E-state index in [1.54, 1.807) is 11.0 Å². The van der Waals surface area contributed by atoms with Gasteiger partial charge in [-0.3, -0.25) is 4.90 Å². The lowest BCUT2D eigenvalue weighted by Gasteiger charge is -2.28. The van der Waals surface area contributed by atoms with Gasteiger partial charge in [0.05, 0.1) is 14.1 Å². The summed E-state index contributed by atoms with van der Waals surface area (Å²) >= 11 is 0. The van der Waals surface area contributed by atoms with Gasteiger partial charge in [-0.25, -0.2) is 0 Å². The van der Waals surface area contributed by atoms with Crippen molar-refractivity contribution in [2.75, 3.05) is 6.54 Å². The van der Waals surface area contributed by atoms with Crippen LogP contribution >= 0.6 is 0 Å². The van der Waals surface area contributed by atoms with Crippen LogP contribution in [0.1, 0.15) is 22.7 Å². The fourth-order valence-electron chi connectivity index (χ4n) is 4.06. The predicted octanol–water partition coefficient (Wildman–Crippen LogP) is 7.34. The first-order valence-corrected chi connectivity index (χ1v) is 15.6. The molecule has 0 radical (unpaired) electrons. The van der Waals surface area contributed by atoms with Crippen molar-refractivity contribution in [3.05, 3.63) is 89.5 Å². The lowest BCUT2D eigenvalue weighted by Crippen LogP contribution is -2.37. The van der Waals surface area contributed by atoms with E-state index in [9.17, 15) is 31.6 Å². The van der Waals surface area contributed by atoms with Crippen molar-refractivity contribution in [2.45, 2.75) is 51.4 Å². The van der Waals surface area contributed by atoms with Gasteiger partial charge in [-0.15, -0.1) is 26.3 Å². The van der Waals surface area contributed by atoms with E-state index in [0.717, 1.165) is 11.6 Å². The second-order valence-corrected chi connectivity index (χ2v) is 15.1. The number of alkyl halides is 6. The fourth-order valence-corrected chi connectivity index (χ4v) is 5.23. The monoisotopic (exact) mass is 566 g/mol. The minimum Gasteiger partial charge on any atom is -0.406 e. The summed E-state index contributed by atoms with van der Waals surface area (Å²) in [7, 11) is -1.55. The van der Waals surface area contributed by atoms with E-state index in [0.29, 0.717) is 11.1 Å². The van der Waals surface area contributed by atoms with Gasteiger partial charge in [0.25, 0.3) is 0 Å². The SMILES string of the molecule is C[Si](C)(C)c1ccc(CN(CCc2cccc(OC(F)(F)F)c2)C(C#N)c2cccc(OC(F)(F)F)c2)cc1. The Kier molecular flexibility index (Phi) is 9.35. The van der Waals surface area contributed by atoms with E-state index in [1.807, 2.05) is 24.3 Å². The standard InChI is InChI=1S/C28H28F6N2O2Si/c1-39(2,3)25-12-10-21(11-13-25)19-36(15-14-20-6-4-8-23(16-20)37-27(29,30)31)26(18-35)22-7-5-9-24(17-22)38-28(32,33)34/h4-13,16-17,26H,14-15,19H2,1-3H3. The van der Waals surface area contributed by atoms with Crippen LogP contribution in [0.4, 0.5) is 26.3 Å². The lowest BCUT2D eigenvalue weighted by molar-refractivity contribution is -0.275. The van der Waals surface area contributed by atoms with Gasteiger partial charge < -0.3 is 9.47 Å². The number of hydrogen-bond donors (Lipinski definition) is 0. The molecule has 0 heterocycles. The third-order valence-corrected chi connectivity index (χ3v) is 7.99. The Bertz CT molecular complexity index is 1280. The zero-order valence-corrected chi connectivity index (χ0v) is 22.6. The van der Waals surface area contributed by atoms with Crippen molar-refractivity contribution in [3.63, 3.8) is 0 Å². The predicted molar refractivity (Wildman–Crippen MR) is 138 cm³/mol. The van der Waals surface area contributed by atoms with Gasteiger partial charge >= 0.3 is 12.7 Å². The molecule has 4 nitrogen and oxygen atoms in total. The summed E-state index contributed by atoms with van der Waals surface area (Å²) in [6.45, 7) is 7.16. The molecule has 3 rings (SSSR count). The molecule has 0 saturated carbocycles. The maximum atomic E-state index is 12.8. The number of rotatable bonds is 10. The van der Waals surface area contributed by atoms with Crippen molar-refractivity contribution >= 4 is 13.3 Å². The molecule has 0 fully saturated rings. The normalized spacial score (nSPS) is 13.2. The Morgan fingerprint density at radius 2 is 1.36 bits per heavy atom. The van der Waals surface area contributed by atoms with Crippen molar-refractivity contribution in [1.82, 2.24) is 4.90 Å². The molecule has 1 atom stereocenters. The Labute approximate surface area is 224 Å². The summed E-state index contributed by atoms with van der Waals surface area (Å²) in [5.74, 6) is -0.806. The van der Waals surface area contributed by atoms with E-state index in [-0.39, 0.29) is 25.3 Å². The smallest absolute Gasteiger partial charge is 0.406 e. The van der Waals surface area contributed by atoms with Crippen LogP contribution in [0.3, 0.4) is 0 Å². The van der Waals surface area contributed by atoms with Crippen molar-refractivity contribution in [2.24, 2.45) is 0 Å². The van der Waals surface area contributed by atoms with Crippen LogP contribution in [0.5, 0.6) is 11.5 Å². The van der Waals surface area contributed by atoms with E-state index in [1.165, 1.54) is 41.6 Å². The summed E-state index contributed by atoms with van der Waals surface area (Å²) < 4.78 is 84.4. The molecule has 39 heavy (non-hydrogen) atoms. The van der Waals surface area contributed by atoms with E-state index < -0.39 is 32.6 Å². The van der Waals surface area contributed by atoms with Crippen molar-refractivity contribution in [1.29, 1.82) is 5.26 Å². The van der Waals surface area contributed by atoms with Crippen LogP contribution in [0, 0.1) is 11.3 Å². The van der Waals surface area contributed by atoms with E-state index in [2.05, 4.69) is 35.2 Å². The molecule has 1 unspecified atom stereocenters. The molecule has 0 saturated heterocycles. The highest BCUT2D eigenvalue weighted by Crippen LogP contribution is 2.29. The number of halogens is 6. The summed E-state index contributed by atoms with van der Waals surface area (Å²) in [5, 5.41) is 11.3. The molecule has 0 N–H and O–H groups in total. The van der Waals surface area contributed by atoms with Gasteiger partial charge in [-0.1, -0.05) is 73.4 Å². The highest BCUT2D eigenvalue weighted by molar-refractivity contribution is 6.88. The topological polar surface area (TPSA) is 45.5 Å². The van der Waals surface area contributed by atoms with Crippen LogP contribution in [0.15, 0.2) is 72.8 Å². The first-order chi connectivity index (χ1) is 18.1. The first-order valence-electron chi connectivity index (χ1n) is 12.1. The van der Waals surface area contributed by atoms with Crippen LogP contribution in [-0.4, -0.2) is 32.2 Å². The van der Waals surface area contributed by atoms with Gasteiger partial charge in [0.2, 0.25) is 0 Å². The Balaban J connectivity index is 1.90. The molecule has 0 aliphatic carbocycles. The summed E-state index contributed by atoms with van der Waals surface area (Å²) in [6.07, 6.45) is -9.46. The maximum Gasteiger partial charge on any atom is 0.573 e. The second kappa shape index (κ2) is 12.1. The average Bonchev–Trinajstić information content (AvgIpc) is 2.81. The molecule has 0 aromatic heterocycles. The lowest BCUT2D eigenvalue weighted by atomic mass is 10.0. The third-order valence-electron chi connectivity index (χ3n) is 5.92. The molecule has 3 aromatic rings. The summed E-state index contributed by atoms with van der Waals surface area (Å²) in [6, 6.07) is 20.0. The molecule has 0 amide bonds. The Morgan fingerprint density at radius 1 is 0.795 bits per heavy atom. The average molecular weight is 567 g/mol. The molecule has 0 bridgehead atoms. The van der Waals surface area contributed by atoms with Crippen LogP contribution in [0.2, 0.25) is 19.6 Å². The minimum atomic E-state index is -4.89. The molecule has 3 aromatic carbocycles. The van der Waals surface area contributed by atoms with Crippen LogP contribution < -0.4 is 14.7 Å². The molecule has 0 aliphatic rings. The van der Waals surface area contributed by atoms with Gasteiger partial charge in [0.1, 0.15) is 17.5 Å². The number of ether oxygens (including phenoxy) is 2. The largest absolute Gasteiger partial charge is 0.573 e. The van der Waals surface area contributed by atoms with E-state index >= 15 is 0 Å². The number of nitrogens with zero attached hydrogens (tertiary/aromatic N) is 2. The van der Waals surface area contributed by atoms with Crippen molar-refractivity contribution < 1.29 is 35.8 Å². The quantitative estimate of drug-likeness (QED) is 0.190. The van der Waals surface area contributed by atoms with Gasteiger partial charge in [-0.2, -0.15) is 5.26 Å². The minimum absolute atomic E-state index is 0.230. The highest BCUT2D eigenvalue weighted by Gasteiger charge is 2.32. The number of benzene rings is 3. The number of nitriles is 1. The van der Waals surface area contributed by atoms with Crippen molar-refractivity contribution in [3.8, 4) is 17.6 Å². The molecule has 0 spiro atoms. The van der Waals surface area contributed by atoms with Gasteiger partial charge in [-0.05, 0) is 47.4 Å². The molecular formula is C28H28F6N2O2Si. The second-order valence-electron chi connectivity index (χ2n) is 10.0. The summed E-state index contributed by atoms with van der Waals surface area (Å²) in [4.78, 5) is 1.77. The van der Waals surface area contributed by atoms with Gasteiger partial charge in [0.15, 0.2) is 0 Å². The molecule has 11 heteroatoms. The van der Waals surface area contributed by atoms with Crippen LogP contribution in [-0.2, 0) is 13.0 Å². The number of hydrogen-bond acceptors (Lipinski definition) is 4. The molecular weight excluding hydrogens is 538 g/mol. The Morgan fingerprint density at radius 3 is 1.90 bits per heavy atom. The summed E-state index contributed by atoms with van der Waals surface area (Å²) in [5.41, 5.74) is 1.72. The fraction of sp³-hybridized carbons (Fsp3) is 0.321. The van der Waals surface area contributed by atoms with Gasteiger partial charge in [0, 0.05) is 13.1 Å². The maximum absolute atomic E-state index is 12.8. The highest BCUT2D eigenvalue weighted by atomic mass is 28.3. The third kappa shape index (κ3) is 9.64. The zero-order chi connectivity index (χ0) is 28.8. The van der Waals surface area contributed by atoms with E-state index in [4.69, 9.17) is 0 Å². The van der Waals surface area contributed by atoms with Crippen LogP contribution in [0.25, 0.3) is 0 Å². The molecule has 208 valence electrons. The first kappa shape index (κ1) is 30.1. The zero-order valence-electron chi connectivity index (χ0n) is 21.6.